The van der Waals surface area contributed by atoms with Gasteiger partial charge in [-0.1, -0.05) is 29.8 Å². The Labute approximate surface area is 213 Å². The van der Waals surface area contributed by atoms with Crippen LogP contribution in [-0.2, 0) is 24.4 Å². The maximum absolute atomic E-state index is 13.4. The number of Topliss-reactive ketones (excluding diaryl/α,β-unsaturated/α-hetero) is 1. The summed E-state index contributed by atoms with van der Waals surface area (Å²) in [6.07, 6.45) is 1.69. The quantitative estimate of drug-likeness (QED) is 0.434. The third kappa shape index (κ3) is 3.99. The average Bonchev–Trinajstić information content (AvgIpc) is 3.19. The van der Waals surface area contributed by atoms with Gasteiger partial charge in [0.05, 0.1) is 19.3 Å². The van der Waals surface area contributed by atoms with Crippen LogP contribution < -0.4 is 18.9 Å². The highest BCUT2D eigenvalue weighted by Crippen LogP contribution is 2.44. The molecule has 3 aromatic rings. The SMILES string of the molecule is COc1ccccc1CN1COc2c(cc3c(c2C)O/C(=C\c2cc(Cl)cc4c2OCOC4)C3=O)C1. The topological polar surface area (TPSA) is 66.5 Å². The van der Waals surface area contributed by atoms with Gasteiger partial charge in [-0.3, -0.25) is 9.69 Å². The lowest BCUT2D eigenvalue weighted by Crippen LogP contribution is -2.32. The van der Waals surface area contributed by atoms with Crippen LogP contribution in [0.3, 0.4) is 0 Å². The van der Waals surface area contributed by atoms with E-state index in [1.165, 1.54) is 0 Å². The minimum atomic E-state index is -0.182. The van der Waals surface area contributed by atoms with Crippen LogP contribution in [0.1, 0.15) is 38.2 Å². The molecule has 0 aliphatic carbocycles. The molecule has 6 rings (SSSR count). The van der Waals surface area contributed by atoms with Gasteiger partial charge >= 0.3 is 0 Å². The van der Waals surface area contributed by atoms with Gasteiger partial charge < -0.3 is 23.7 Å². The highest BCUT2D eigenvalue weighted by atomic mass is 35.5. The third-order valence-electron chi connectivity index (χ3n) is 6.58. The zero-order valence-corrected chi connectivity index (χ0v) is 20.7. The number of para-hydroxylation sites is 1. The minimum absolute atomic E-state index is 0.147. The van der Waals surface area contributed by atoms with Gasteiger partial charge in [-0.15, -0.1) is 0 Å². The molecule has 0 saturated carbocycles. The summed E-state index contributed by atoms with van der Waals surface area (Å²) in [5.41, 5.74) is 4.88. The van der Waals surface area contributed by atoms with Crippen molar-refractivity contribution in [2.24, 2.45) is 0 Å². The summed E-state index contributed by atoms with van der Waals surface area (Å²) < 4.78 is 28.8. The Bertz CT molecular complexity index is 1420. The second-order valence-electron chi connectivity index (χ2n) is 8.97. The van der Waals surface area contributed by atoms with Gasteiger partial charge in [0.25, 0.3) is 0 Å². The number of methoxy groups -OCH3 is 1. The molecular weight excluding hydrogens is 482 g/mol. The number of halogens is 1. The third-order valence-corrected chi connectivity index (χ3v) is 6.80. The summed E-state index contributed by atoms with van der Waals surface area (Å²) in [7, 11) is 1.67. The molecule has 0 aromatic heterocycles. The predicted molar refractivity (Wildman–Crippen MR) is 134 cm³/mol. The van der Waals surface area contributed by atoms with E-state index in [1.54, 1.807) is 25.3 Å². The van der Waals surface area contributed by atoms with Crippen molar-refractivity contribution in [3.05, 3.63) is 86.6 Å². The van der Waals surface area contributed by atoms with Crippen LogP contribution in [0, 0.1) is 6.92 Å². The van der Waals surface area contributed by atoms with Gasteiger partial charge in [0.1, 0.15) is 29.7 Å². The second-order valence-corrected chi connectivity index (χ2v) is 9.41. The lowest BCUT2D eigenvalue weighted by molar-refractivity contribution is -0.0165. The predicted octanol–water partition coefficient (Wildman–Crippen LogP) is 5.49. The Hall–Kier alpha value is -3.52. The van der Waals surface area contributed by atoms with Crippen molar-refractivity contribution in [1.29, 1.82) is 0 Å². The molecule has 0 radical (unpaired) electrons. The van der Waals surface area contributed by atoms with E-state index in [4.69, 9.17) is 35.3 Å². The van der Waals surface area contributed by atoms with Crippen LogP contribution in [-0.4, -0.2) is 31.3 Å². The molecule has 0 bridgehead atoms. The van der Waals surface area contributed by atoms with Crippen LogP contribution in [0.4, 0.5) is 0 Å². The standard InChI is InChI=1S/C28H24ClNO6/c1-16-26-19(12-30(14-34-26)11-17-5-3-4-6-23(17)32-2)9-22-25(31)24(36-27(16)22)10-18-7-21(29)8-20-13-33-15-35-28(18)20/h3-10H,11-15H2,1-2H3/b24-10-. The first-order valence-corrected chi connectivity index (χ1v) is 12.0. The number of fused-ring (bicyclic) bond motifs is 3. The number of nitrogens with zero attached hydrogens (tertiary/aromatic N) is 1. The molecule has 0 saturated heterocycles. The molecule has 0 spiro atoms. The van der Waals surface area contributed by atoms with Gasteiger partial charge in [0.2, 0.25) is 5.78 Å². The zero-order chi connectivity index (χ0) is 24.8. The highest BCUT2D eigenvalue weighted by Gasteiger charge is 2.34. The van der Waals surface area contributed by atoms with E-state index in [0.717, 1.165) is 33.8 Å². The van der Waals surface area contributed by atoms with E-state index < -0.39 is 0 Å². The first-order chi connectivity index (χ1) is 17.5. The molecule has 184 valence electrons. The van der Waals surface area contributed by atoms with Crippen molar-refractivity contribution in [1.82, 2.24) is 4.90 Å². The number of ether oxygens (including phenoxy) is 5. The first-order valence-electron chi connectivity index (χ1n) is 11.6. The number of hydrogen-bond donors (Lipinski definition) is 0. The molecule has 8 heteroatoms. The number of ketones is 1. The molecule has 3 aliphatic rings. The zero-order valence-electron chi connectivity index (χ0n) is 19.9. The number of carbonyl (C=O) groups excluding carboxylic acids is 1. The second kappa shape index (κ2) is 9.17. The number of rotatable bonds is 4. The summed E-state index contributed by atoms with van der Waals surface area (Å²) in [5.74, 6) is 2.82. The van der Waals surface area contributed by atoms with E-state index in [2.05, 4.69) is 4.90 Å². The fourth-order valence-corrected chi connectivity index (χ4v) is 5.18. The Morgan fingerprint density at radius 3 is 2.81 bits per heavy atom. The average molecular weight is 506 g/mol. The molecule has 0 amide bonds. The molecule has 0 unspecified atom stereocenters. The van der Waals surface area contributed by atoms with Gasteiger partial charge in [-0.2, -0.15) is 0 Å². The van der Waals surface area contributed by atoms with Gasteiger partial charge in [-0.05, 0) is 37.3 Å². The van der Waals surface area contributed by atoms with Crippen molar-refractivity contribution in [2.75, 3.05) is 20.6 Å². The highest BCUT2D eigenvalue weighted by molar-refractivity contribution is 6.31. The molecular formula is C28H24ClNO6. The van der Waals surface area contributed by atoms with Crippen molar-refractivity contribution in [2.45, 2.75) is 26.6 Å². The molecule has 7 nitrogen and oxygen atoms in total. The van der Waals surface area contributed by atoms with Crippen molar-refractivity contribution < 1.29 is 28.5 Å². The molecule has 3 aliphatic heterocycles. The number of carbonyl (C=O) groups is 1. The number of benzene rings is 3. The molecule has 0 N–H and O–H groups in total. The fourth-order valence-electron chi connectivity index (χ4n) is 4.93. The van der Waals surface area contributed by atoms with Crippen LogP contribution in [0.15, 0.2) is 48.2 Å². The Balaban J connectivity index is 1.30. The van der Waals surface area contributed by atoms with E-state index in [0.29, 0.717) is 54.1 Å². The minimum Gasteiger partial charge on any atom is -0.496 e. The Kier molecular flexibility index (Phi) is 5.84. The number of hydrogen-bond acceptors (Lipinski definition) is 7. The summed E-state index contributed by atoms with van der Waals surface area (Å²) in [6, 6.07) is 13.4. The van der Waals surface area contributed by atoms with Gasteiger partial charge in [-0.25, -0.2) is 0 Å². The van der Waals surface area contributed by atoms with Gasteiger partial charge in [0, 0.05) is 45.9 Å². The van der Waals surface area contributed by atoms with Crippen LogP contribution in [0.25, 0.3) is 6.08 Å². The van der Waals surface area contributed by atoms with Gasteiger partial charge in [0.15, 0.2) is 12.6 Å². The summed E-state index contributed by atoms with van der Waals surface area (Å²) in [4.78, 5) is 15.6. The summed E-state index contributed by atoms with van der Waals surface area (Å²) >= 11 is 6.30. The Morgan fingerprint density at radius 1 is 1.08 bits per heavy atom. The Morgan fingerprint density at radius 2 is 1.94 bits per heavy atom. The normalized spacial score (nSPS) is 17.5. The smallest absolute Gasteiger partial charge is 0.231 e. The fraction of sp³-hybridized carbons (Fsp3) is 0.250. The summed E-state index contributed by atoms with van der Waals surface area (Å²) in [5, 5.41) is 0.535. The van der Waals surface area contributed by atoms with Crippen LogP contribution in [0.5, 0.6) is 23.0 Å². The van der Waals surface area contributed by atoms with Crippen molar-refractivity contribution >= 4 is 23.5 Å². The molecule has 3 heterocycles. The molecule has 3 aromatic carbocycles. The van der Waals surface area contributed by atoms with E-state index in [-0.39, 0.29) is 18.3 Å². The van der Waals surface area contributed by atoms with Crippen molar-refractivity contribution in [3.63, 3.8) is 0 Å². The largest absolute Gasteiger partial charge is 0.496 e. The molecule has 0 atom stereocenters. The number of allylic oxidation sites excluding steroid dienone is 1. The van der Waals surface area contributed by atoms with E-state index >= 15 is 0 Å². The first kappa shape index (κ1) is 22.9. The van der Waals surface area contributed by atoms with E-state index in [9.17, 15) is 4.79 Å². The maximum atomic E-state index is 13.4. The lowest BCUT2D eigenvalue weighted by Gasteiger charge is -2.30. The lowest BCUT2D eigenvalue weighted by atomic mass is 9.99. The van der Waals surface area contributed by atoms with Crippen LogP contribution >= 0.6 is 11.6 Å². The van der Waals surface area contributed by atoms with Crippen molar-refractivity contribution in [3.8, 4) is 23.0 Å². The molecule has 36 heavy (non-hydrogen) atoms. The summed E-state index contributed by atoms with van der Waals surface area (Å²) in [6.45, 7) is 4.20. The maximum Gasteiger partial charge on any atom is 0.231 e. The monoisotopic (exact) mass is 505 g/mol. The van der Waals surface area contributed by atoms with E-state index in [1.807, 2.05) is 37.3 Å². The molecule has 0 fully saturated rings. The van der Waals surface area contributed by atoms with Crippen LogP contribution in [0.2, 0.25) is 5.02 Å².